The number of carboxylic acid groups (broad SMARTS) is 2. The van der Waals surface area contributed by atoms with Crippen LogP contribution in [0.1, 0.15) is 6.42 Å². The first-order chi connectivity index (χ1) is 9.72. The molecule has 120 valence electrons. The average molecular weight is 323 g/mol. The molecule has 0 saturated heterocycles. The van der Waals surface area contributed by atoms with Gasteiger partial charge in [0, 0.05) is 5.75 Å². The third kappa shape index (κ3) is 6.92. The van der Waals surface area contributed by atoms with E-state index in [1.165, 1.54) is 0 Å². The van der Waals surface area contributed by atoms with E-state index in [1.54, 1.807) is 0 Å². The van der Waals surface area contributed by atoms with Crippen LogP contribution in [0.15, 0.2) is 0 Å². The van der Waals surface area contributed by atoms with E-state index in [2.05, 4.69) is 17.9 Å². The van der Waals surface area contributed by atoms with E-state index in [0.29, 0.717) is 0 Å². The van der Waals surface area contributed by atoms with Gasteiger partial charge in [-0.05, 0) is 0 Å². The van der Waals surface area contributed by atoms with Crippen LogP contribution in [0.3, 0.4) is 0 Å². The summed E-state index contributed by atoms with van der Waals surface area (Å²) < 4.78 is 0. The molecule has 0 bridgehead atoms. The summed E-state index contributed by atoms with van der Waals surface area (Å²) in [5.74, 6) is -4.67. The molecule has 0 saturated carbocycles. The fourth-order valence-corrected chi connectivity index (χ4v) is 1.47. The van der Waals surface area contributed by atoms with E-state index in [1.807, 2.05) is 5.32 Å². The summed E-state index contributed by atoms with van der Waals surface area (Å²) in [6.45, 7) is -0.827. The second-order valence-corrected chi connectivity index (χ2v) is 4.40. The van der Waals surface area contributed by atoms with Gasteiger partial charge < -0.3 is 31.7 Å². The summed E-state index contributed by atoms with van der Waals surface area (Å²) in [5.41, 5.74) is 5.31. The van der Waals surface area contributed by atoms with E-state index in [0.717, 1.165) is 0 Å². The maximum Gasteiger partial charge on any atom is 0.328 e. The van der Waals surface area contributed by atoms with Crippen molar-refractivity contribution in [3.05, 3.63) is 0 Å². The quantitative estimate of drug-likeness (QED) is 0.216. The molecule has 0 rings (SSSR count). The van der Waals surface area contributed by atoms with Crippen molar-refractivity contribution in [3.8, 4) is 0 Å². The highest BCUT2D eigenvalue weighted by molar-refractivity contribution is 7.80. The summed E-state index contributed by atoms with van der Waals surface area (Å²) in [6, 6.07) is -4.09. The number of aliphatic hydroxyl groups is 1. The van der Waals surface area contributed by atoms with Crippen molar-refractivity contribution in [2.75, 3.05) is 12.4 Å². The summed E-state index contributed by atoms with van der Waals surface area (Å²) >= 11 is 3.83. The molecule has 0 heterocycles. The molecular weight excluding hydrogens is 306 g/mol. The number of aliphatic hydroxyl groups excluding tert-OH is 1. The van der Waals surface area contributed by atoms with Crippen LogP contribution in [0.2, 0.25) is 0 Å². The summed E-state index contributed by atoms with van der Waals surface area (Å²) in [6.07, 6.45) is -0.624. The van der Waals surface area contributed by atoms with Crippen molar-refractivity contribution in [1.82, 2.24) is 10.6 Å². The number of carbonyl (C=O) groups is 4. The maximum atomic E-state index is 11.7. The van der Waals surface area contributed by atoms with Gasteiger partial charge in [-0.25, -0.2) is 4.79 Å². The van der Waals surface area contributed by atoms with Crippen molar-refractivity contribution in [1.29, 1.82) is 0 Å². The van der Waals surface area contributed by atoms with Crippen molar-refractivity contribution in [3.63, 3.8) is 0 Å². The highest BCUT2D eigenvalue weighted by atomic mass is 32.1. The van der Waals surface area contributed by atoms with Crippen LogP contribution in [0.5, 0.6) is 0 Å². The number of aliphatic carboxylic acids is 2. The summed E-state index contributed by atoms with van der Waals surface area (Å²) in [4.78, 5) is 44.4. The predicted molar refractivity (Wildman–Crippen MR) is 72.7 cm³/mol. The van der Waals surface area contributed by atoms with Gasteiger partial charge in [0.1, 0.15) is 12.1 Å². The molecule has 0 aliphatic carbocycles. The molecule has 3 unspecified atom stereocenters. The van der Waals surface area contributed by atoms with E-state index in [9.17, 15) is 19.2 Å². The number of carbonyl (C=O) groups excluding carboxylic acids is 2. The van der Waals surface area contributed by atoms with Gasteiger partial charge in [0.15, 0.2) is 0 Å². The second-order valence-electron chi connectivity index (χ2n) is 4.03. The SMILES string of the molecule is NC(CC(=O)O)C(=O)NC(CS)C(=O)NC(CO)C(=O)O. The standard InChI is InChI=1S/C10H17N3O7S/c11-4(1-7(15)16)8(17)13-6(3-21)9(18)12-5(2-14)10(19)20/h4-6,14,21H,1-3,11H2,(H,12,18)(H,13,17)(H,15,16)(H,19,20). The zero-order valence-electron chi connectivity index (χ0n) is 10.9. The summed E-state index contributed by atoms with van der Waals surface area (Å²) in [5, 5.41) is 30.1. The molecule has 0 aromatic rings. The Morgan fingerprint density at radius 1 is 1.05 bits per heavy atom. The zero-order chi connectivity index (χ0) is 16.6. The Balaban J connectivity index is 4.63. The molecule has 11 heteroatoms. The van der Waals surface area contributed by atoms with E-state index in [4.69, 9.17) is 21.1 Å². The number of hydrogen-bond acceptors (Lipinski definition) is 7. The molecule has 7 N–H and O–H groups in total. The molecule has 3 atom stereocenters. The average Bonchev–Trinajstić information content (AvgIpc) is 2.40. The van der Waals surface area contributed by atoms with Gasteiger partial charge in [0.05, 0.1) is 19.1 Å². The predicted octanol–water partition coefficient (Wildman–Crippen LogP) is -3.24. The van der Waals surface area contributed by atoms with Gasteiger partial charge in [-0.2, -0.15) is 12.6 Å². The number of nitrogens with two attached hydrogens (primary N) is 1. The summed E-state index contributed by atoms with van der Waals surface area (Å²) in [7, 11) is 0. The van der Waals surface area contributed by atoms with Crippen LogP contribution in [0, 0.1) is 0 Å². The van der Waals surface area contributed by atoms with Gasteiger partial charge >= 0.3 is 11.9 Å². The molecule has 0 aliphatic rings. The minimum Gasteiger partial charge on any atom is -0.481 e. The first kappa shape index (κ1) is 19.1. The van der Waals surface area contributed by atoms with Crippen LogP contribution in [0.25, 0.3) is 0 Å². The molecule has 0 aromatic heterocycles. The number of hydrogen-bond donors (Lipinski definition) is 7. The third-order valence-corrected chi connectivity index (χ3v) is 2.71. The van der Waals surface area contributed by atoms with Crippen molar-refractivity contribution < 1.29 is 34.5 Å². The van der Waals surface area contributed by atoms with Crippen LogP contribution in [0.4, 0.5) is 0 Å². The Kier molecular flexibility index (Phi) is 8.35. The Morgan fingerprint density at radius 2 is 1.57 bits per heavy atom. The number of amides is 2. The smallest absolute Gasteiger partial charge is 0.328 e. The zero-order valence-corrected chi connectivity index (χ0v) is 11.7. The monoisotopic (exact) mass is 323 g/mol. The Labute approximate surface area is 125 Å². The number of rotatable bonds is 9. The lowest BCUT2D eigenvalue weighted by Crippen LogP contribution is -2.56. The van der Waals surface area contributed by atoms with Crippen molar-refractivity contribution >= 4 is 36.4 Å². The topological polar surface area (TPSA) is 179 Å². The molecule has 0 radical (unpaired) electrons. The van der Waals surface area contributed by atoms with E-state index in [-0.39, 0.29) is 5.75 Å². The van der Waals surface area contributed by atoms with Crippen LogP contribution in [-0.4, -0.2) is 69.6 Å². The van der Waals surface area contributed by atoms with Gasteiger partial charge in [0.25, 0.3) is 0 Å². The number of carboxylic acids is 2. The maximum absolute atomic E-state index is 11.7. The Hall–Kier alpha value is -1.85. The molecule has 21 heavy (non-hydrogen) atoms. The molecular formula is C10H17N3O7S. The highest BCUT2D eigenvalue weighted by Gasteiger charge is 2.27. The van der Waals surface area contributed by atoms with Gasteiger partial charge in [-0.3, -0.25) is 14.4 Å². The molecule has 0 aliphatic heterocycles. The fourth-order valence-electron chi connectivity index (χ4n) is 1.21. The van der Waals surface area contributed by atoms with E-state index < -0.39 is 54.9 Å². The fraction of sp³-hybridized carbons (Fsp3) is 0.600. The van der Waals surface area contributed by atoms with Gasteiger partial charge in [-0.1, -0.05) is 0 Å². The molecule has 0 aromatic carbocycles. The normalized spacial score (nSPS) is 14.6. The van der Waals surface area contributed by atoms with Gasteiger partial charge in [0.2, 0.25) is 11.8 Å². The van der Waals surface area contributed by atoms with Crippen LogP contribution < -0.4 is 16.4 Å². The minimum absolute atomic E-state index is 0.171. The number of nitrogens with one attached hydrogen (secondary N) is 2. The number of thiol groups is 1. The Morgan fingerprint density at radius 3 is 1.95 bits per heavy atom. The van der Waals surface area contributed by atoms with Crippen molar-refractivity contribution in [2.24, 2.45) is 5.73 Å². The lowest BCUT2D eigenvalue weighted by molar-refractivity contribution is -0.143. The molecule has 10 nitrogen and oxygen atoms in total. The first-order valence-electron chi connectivity index (χ1n) is 5.75. The van der Waals surface area contributed by atoms with Crippen LogP contribution >= 0.6 is 12.6 Å². The lowest BCUT2D eigenvalue weighted by Gasteiger charge is -2.20. The third-order valence-electron chi connectivity index (χ3n) is 2.34. The second kappa shape index (κ2) is 9.15. The van der Waals surface area contributed by atoms with Crippen molar-refractivity contribution in [2.45, 2.75) is 24.5 Å². The highest BCUT2D eigenvalue weighted by Crippen LogP contribution is 1.95. The van der Waals surface area contributed by atoms with Crippen LogP contribution in [-0.2, 0) is 19.2 Å². The minimum atomic E-state index is -1.52. The lowest BCUT2D eigenvalue weighted by atomic mass is 10.2. The van der Waals surface area contributed by atoms with E-state index >= 15 is 0 Å². The molecule has 2 amide bonds. The first-order valence-corrected chi connectivity index (χ1v) is 6.38. The molecule has 0 spiro atoms. The van der Waals surface area contributed by atoms with Gasteiger partial charge in [-0.15, -0.1) is 0 Å². The molecule has 0 fully saturated rings. The Bertz CT molecular complexity index is 417. The largest absolute Gasteiger partial charge is 0.481 e.